The predicted octanol–water partition coefficient (Wildman–Crippen LogP) is 2.03. The van der Waals surface area contributed by atoms with E-state index in [-0.39, 0.29) is 21.7 Å². The number of carboxylic acid groups (broad SMARTS) is 1. The molecule has 0 unspecified atom stereocenters. The highest BCUT2D eigenvalue weighted by Crippen LogP contribution is 2.18. The van der Waals surface area contributed by atoms with Crippen LogP contribution in [0.3, 0.4) is 0 Å². The molecular formula is C15H9ClN2O4. The van der Waals surface area contributed by atoms with Gasteiger partial charge >= 0.3 is 11.7 Å². The Hall–Kier alpha value is -2.86. The number of halogens is 1. The van der Waals surface area contributed by atoms with Crippen LogP contribution in [0.15, 0.2) is 52.1 Å². The van der Waals surface area contributed by atoms with E-state index in [1.165, 1.54) is 18.2 Å². The lowest BCUT2D eigenvalue weighted by Gasteiger charge is -2.09. The molecule has 1 aromatic heterocycles. The van der Waals surface area contributed by atoms with Crippen molar-refractivity contribution in [2.45, 2.75) is 0 Å². The third-order valence-corrected chi connectivity index (χ3v) is 3.47. The van der Waals surface area contributed by atoms with E-state index in [1.807, 2.05) is 0 Å². The molecule has 0 saturated heterocycles. The van der Waals surface area contributed by atoms with Crippen molar-refractivity contribution in [3.63, 3.8) is 0 Å². The minimum Gasteiger partial charge on any atom is -0.478 e. The largest absolute Gasteiger partial charge is 0.478 e. The molecule has 3 aromatic rings. The Labute approximate surface area is 128 Å². The molecule has 0 bridgehead atoms. The fourth-order valence-electron chi connectivity index (χ4n) is 2.26. The number of nitrogens with one attached hydrogen (secondary N) is 1. The van der Waals surface area contributed by atoms with Gasteiger partial charge in [0.15, 0.2) is 0 Å². The van der Waals surface area contributed by atoms with Gasteiger partial charge in [-0.25, -0.2) is 14.2 Å². The highest BCUT2D eigenvalue weighted by atomic mass is 35.5. The molecular weight excluding hydrogens is 308 g/mol. The van der Waals surface area contributed by atoms with E-state index in [1.54, 1.807) is 24.3 Å². The molecule has 0 aliphatic rings. The monoisotopic (exact) mass is 316 g/mol. The first kappa shape index (κ1) is 14.1. The zero-order valence-corrected chi connectivity index (χ0v) is 11.8. The minimum absolute atomic E-state index is 0.0334. The Morgan fingerprint density at radius 2 is 1.86 bits per heavy atom. The molecule has 0 radical (unpaired) electrons. The second-order valence-corrected chi connectivity index (χ2v) is 5.02. The molecule has 3 rings (SSSR count). The highest BCUT2D eigenvalue weighted by Gasteiger charge is 2.17. The third-order valence-electron chi connectivity index (χ3n) is 3.24. The fourth-order valence-corrected chi connectivity index (χ4v) is 2.43. The van der Waals surface area contributed by atoms with E-state index in [9.17, 15) is 19.5 Å². The van der Waals surface area contributed by atoms with E-state index in [4.69, 9.17) is 11.6 Å². The Balaban J connectivity index is 2.44. The molecule has 7 heteroatoms. The number of rotatable bonds is 2. The van der Waals surface area contributed by atoms with E-state index in [0.29, 0.717) is 5.52 Å². The van der Waals surface area contributed by atoms with E-state index in [0.717, 1.165) is 4.57 Å². The van der Waals surface area contributed by atoms with Crippen LogP contribution in [-0.4, -0.2) is 20.6 Å². The predicted molar refractivity (Wildman–Crippen MR) is 82.1 cm³/mol. The van der Waals surface area contributed by atoms with Crippen LogP contribution in [0, 0.1) is 0 Å². The second-order valence-electron chi connectivity index (χ2n) is 4.58. The first-order valence-corrected chi connectivity index (χ1v) is 6.64. The van der Waals surface area contributed by atoms with Crippen LogP contribution in [0.25, 0.3) is 16.6 Å². The summed E-state index contributed by atoms with van der Waals surface area (Å²) in [5, 5.41) is 9.75. The normalized spacial score (nSPS) is 10.8. The van der Waals surface area contributed by atoms with Crippen LogP contribution in [0.4, 0.5) is 0 Å². The Bertz CT molecular complexity index is 1020. The number of hydrogen-bond acceptors (Lipinski definition) is 3. The van der Waals surface area contributed by atoms with E-state index >= 15 is 0 Å². The van der Waals surface area contributed by atoms with Crippen LogP contribution >= 0.6 is 11.6 Å². The zero-order valence-electron chi connectivity index (χ0n) is 11.0. The molecule has 0 amide bonds. The molecule has 1 heterocycles. The molecule has 22 heavy (non-hydrogen) atoms. The summed E-state index contributed by atoms with van der Waals surface area (Å²) in [7, 11) is 0. The standard InChI is InChI=1S/C15H9ClN2O4/c16-8-5-6-12(10(7-8)14(20)21)18-13(19)9-3-1-2-4-11(9)17-15(18)22/h1-7H,(H,17,22)(H,20,21). The van der Waals surface area contributed by atoms with E-state index in [2.05, 4.69) is 4.98 Å². The molecule has 6 nitrogen and oxygen atoms in total. The Morgan fingerprint density at radius 3 is 2.59 bits per heavy atom. The maximum Gasteiger partial charge on any atom is 0.337 e. The van der Waals surface area contributed by atoms with Gasteiger partial charge in [0.05, 0.1) is 22.2 Å². The third kappa shape index (κ3) is 2.19. The second kappa shape index (κ2) is 5.16. The summed E-state index contributed by atoms with van der Waals surface area (Å²) in [5.41, 5.74) is -1.18. The lowest BCUT2D eigenvalue weighted by molar-refractivity contribution is 0.0697. The number of hydrogen-bond donors (Lipinski definition) is 2. The molecule has 2 aromatic carbocycles. The summed E-state index contributed by atoms with van der Waals surface area (Å²) in [5.74, 6) is -1.28. The number of carbonyl (C=O) groups is 1. The lowest BCUT2D eigenvalue weighted by Crippen LogP contribution is -2.34. The lowest BCUT2D eigenvalue weighted by atomic mass is 10.1. The highest BCUT2D eigenvalue weighted by molar-refractivity contribution is 6.31. The summed E-state index contributed by atoms with van der Waals surface area (Å²) in [6, 6.07) is 10.4. The molecule has 0 atom stereocenters. The van der Waals surface area contributed by atoms with Crippen LogP contribution in [0.5, 0.6) is 0 Å². The number of H-pyrrole nitrogens is 1. The van der Waals surface area contributed by atoms with Gasteiger partial charge in [-0.3, -0.25) is 4.79 Å². The number of benzene rings is 2. The zero-order chi connectivity index (χ0) is 15.9. The van der Waals surface area contributed by atoms with Gasteiger partial charge in [-0.15, -0.1) is 0 Å². The Morgan fingerprint density at radius 1 is 1.14 bits per heavy atom. The van der Waals surface area contributed by atoms with Gasteiger partial charge < -0.3 is 10.1 Å². The first-order valence-electron chi connectivity index (χ1n) is 6.26. The fraction of sp³-hybridized carbons (Fsp3) is 0. The minimum atomic E-state index is -1.28. The van der Waals surface area contributed by atoms with Gasteiger partial charge in [0, 0.05) is 5.02 Å². The van der Waals surface area contributed by atoms with Crippen molar-refractivity contribution in [3.8, 4) is 5.69 Å². The van der Waals surface area contributed by atoms with Crippen LogP contribution < -0.4 is 11.2 Å². The van der Waals surface area contributed by atoms with Gasteiger partial charge in [-0.1, -0.05) is 23.7 Å². The topological polar surface area (TPSA) is 92.2 Å². The van der Waals surface area contributed by atoms with Crippen molar-refractivity contribution in [1.29, 1.82) is 0 Å². The van der Waals surface area contributed by atoms with Crippen molar-refractivity contribution >= 4 is 28.5 Å². The summed E-state index contributed by atoms with van der Waals surface area (Å²) in [6.07, 6.45) is 0. The number of aromatic amines is 1. The molecule has 2 N–H and O–H groups in total. The van der Waals surface area contributed by atoms with E-state index < -0.39 is 17.2 Å². The summed E-state index contributed by atoms with van der Waals surface area (Å²) < 4.78 is 0.794. The SMILES string of the molecule is O=C(O)c1cc(Cl)ccc1-n1c(=O)[nH]c2ccccc2c1=O. The number of carboxylic acids is 1. The molecule has 0 aliphatic heterocycles. The van der Waals surface area contributed by atoms with Crippen molar-refractivity contribution in [2.24, 2.45) is 0 Å². The van der Waals surface area contributed by atoms with Gasteiger partial charge in [0.1, 0.15) is 0 Å². The summed E-state index contributed by atoms with van der Waals surface area (Å²) in [6.45, 7) is 0. The Kier molecular flexibility index (Phi) is 3.30. The number of aromatic nitrogens is 2. The molecule has 0 saturated carbocycles. The average molecular weight is 317 g/mol. The first-order chi connectivity index (χ1) is 10.5. The van der Waals surface area contributed by atoms with Crippen molar-refractivity contribution in [2.75, 3.05) is 0 Å². The van der Waals surface area contributed by atoms with Gasteiger partial charge in [0.25, 0.3) is 5.56 Å². The number of para-hydroxylation sites is 1. The van der Waals surface area contributed by atoms with Gasteiger partial charge in [0.2, 0.25) is 0 Å². The van der Waals surface area contributed by atoms with Gasteiger partial charge in [-0.2, -0.15) is 0 Å². The number of nitrogens with zero attached hydrogens (tertiary/aromatic N) is 1. The van der Waals surface area contributed by atoms with Crippen LogP contribution in [-0.2, 0) is 0 Å². The summed E-state index contributed by atoms with van der Waals surface area (Å²) in [4.78, 5) is 38.6. The van der Waals surface area contributed by atoms with Crippen molar-refractivity contribution < 1.29 is 9.90 Å². The number of aromatic carboxylic acids is 1. The average Bonchev–Trinajstić information content (AvgIpc) is 2.48. The summed E-state index contributed by atoms with van der Waals surface area (Å²) >= 11 is 5.79. The molecule has 0 spiro atoms. The van der Waals surface area contributed by atoms with Crippen LogP contribution in [0.1, 0.15) is 10.4 Å². The van der Waals surface area contributed by atoms with Gasteiger partial charge in [-0.05, 0) is 30.3 Å². The molecule has 110 valence electrons. The maximum atomic E-state index is 12.5. The van der Waals surface area contributed by atoms with Crippen molar-refractivity contribution in [1.82, 2.24) is 9.55 Å². The molecule has 0 fully saturated rings. The van der Waals surface area contributed by atoms with Crippen molar-refractivity contribution in [3.05, 3.63) is 73.9 Å². The maximum absolute atomic E-state index is 12.5. The quantitative estimate of drug-likeness (QED) is 0.756. The number of fused-ring (bicyclic) bond motifs is 1. The smallest absolute Gasteiger partial charge is 0.337 e. The molecule has 0 aliphatic carbocycles. The van der Waals surface area contributed by atoms with Crippen LogP contribution in [0.2, 0.25) is 5.02 Å².